The Kier molecular flexibility index (Phi) is 4.80. The Hall–Kier alpha value is -1.78. The van der Waals surface area contributed by atoms with E-state index in [9.17, 15) is 5.11 Å². The summed E-state index contributed by atoms with van der Waals surface area (Å²) in [5.41, 5.74) is 1.46. The monoisotopic (exact) mass is 297 g/mol. The number of likely N-dealkylation sites (tertiary alicyclic amines) is 1. The molecule has 0 aliphatic carbocycles. The second kappa shape index (κ2) is 6.99. The number of nitrogens with zero attached hydrogens (tertiary/aromatic N) is 3. The quantitative estimate of drug-likeness (QED) is 0.920. The van der Waals surface area contributed by atoms with Crippen molar-refractivity contribution in [2.24, 2.45) is 0 Å². The van der Waals surface area contributed by atoms with E-state index >= 15 is 0 Å². The van der Waals surface area contributed by atoms with Crippen molar-refractivity contribution in [1.29, 1.82) is 0 Å². The first kappa shape index (κ1) is 15.1. The summed E-state index contributed by atoms with van der Waals surface area (Å²) in [6.07, 6.45) is 8.96. The topological polar surface area (TPSA) is 49.2 Å². The second-order valence-corrected chi connectivity index (χ2v) is 6.04. The Morgan fingerprint density at radius 1 is 1.09 bits per heavy atom. The normalized spacial score (nSPS) is 18.2. The third-order valence-electron chi connectivity index (χ3n) is 4.52. The maximum Gasteiger partial charge on any atom is 0.0920 e. The van der Waals surface area contributed by atoms with E-state index in [4.69, 9.17) is 0 Å². The summed E-state index contributed by atoms with van der Waals surface area (Å²) in [5, 5.41) is 10.8. The van der Waals surface area contributed by atoms with Crippen LogP contribution in [0.3, 0.4) is 0 Å². The van der Waals surface area contributed by atoms with Gasteiger partial charge < -0.3 is 10.0 Å². The predicted octanol–water partition coefficient (Wildman–Crippen LogP) is 2.39. The summed E-state index contributed by atoms with van der Waals surface area (Å²) in [7, 11) is 0. The van der Waals surface area contributed by atoms with E-state index in [1.54, 1.807) is 12.4 Å². The van der Waals surface area contributed by atoms with Gasteiger partial charge in [-0.15, -0.1) is 0 Å². The van der Waals surface area contributed by atoms with Gasteiger partial charge in [0.15, 0.2) is 0 Å². The highest BCUT2D eigenvalue weighted by molar-refractivity contribution is 5.22. The Morgan fingerprint density at radius 2 is 1.86 bits per heavy atom. The van der Waals surface area contributed by atoms with Crippen molar-refractivity contribution in [3.05, 3.63) is 60.2 Å². The molecule has 0 unspecified atom stereocenters. The highest BCUT2D eigenvalue weighted by Gasteiger charge is 2.33. The van der Waals surface area contributed by atoms with Crippen molar-refractivity contribution >= 4 is 0 Å². The van der Waals surface area contributed by atoms with Gasteiger partial charge in [0, 0.05) is 31.7 Å². The first-order valence-corrected chi connectivity index (χ1v) is 8.01. The van der Waals surface area contributed by atoms with Crippen molar-refractivity contribution in [2.45, 2.75) is 31.3 Å². The molecule has 4 heteroatoms. The van der Waals surface area contributed by atoms with Gasteiger partial charge in [0.1, 0.15) is 0 Å². The van der Waals surface area contributed by atoms with Gasteiger partial charge in [-0.2, -0.15) is 0 Å². The Morgan fingerprint density at radius 3 is 2.55 bits per heavy atom. The van der Waals surface area contributed by atoms with Gasteiger partial charge in [0.05, 0.1) is 11.3 Å². The van der Waals surface area contributed by atoms with E-state index in [-0.39, 0.29) is 0 Å². The van der Waals surface area contributed by atoms with E-state index in [0.29, 0.717) is 0 Å². The minimum absolute atomic E-state index is 0.650. The molecule has 1 aliphatic heterocycles. The zero-order chi connectivity index (χ0) is 15.3. The average molecular weight is 297 g/mol. The molecule has 0 atom stereocenters. The van der Waals surface area contributed by atoms with Gasteiger partial charge in [-0.1, -0.05) is 30.3 Å². The molecule has 2 aromatic rings. The van der Waals surface area contributed by atoms with Crippen molar-refractivity contribution in [2.75, 3.05) is 19.6 Å². The summed E-state index contributed by atoms with van der Waals surface area (Å²) < 4.78 is 0. The van der Waals surface area contributed by atoms with Gasteiger partial charge in [0.2, 0.25) is 0 Å². The fourth-order valence-corrected chi connectivity index (χ4v) is 3.13. The molecular formula is C18H23N3O. The Balaban J connectivity index is 1.46. The lowest BCUT2D eigenvalue weighted by Gasteiger charge is -2.38. The maximum atomic E-state index is 10.8. The molecule has 22 heavy (non-hydrogen) atoms. The van der Waals surface area contributed by atoms with Crippen molar-refractivity contribution in [1.82, 2.24) is 14.9 Å². The molecule has 0 saturated carbocycles. The van der Waals surface area contributed by atoms with E-state index in [2.05, 4.69) is 14.9 Å². The smallest absolute Gasteiger partial charge is 0.0920 e. The summed E-state index contributed by atoms with van der Waals surface area (Å²) >= 11 is 0. The van der Waals surface area contributed by atoms with Crippen LogP contribution in [0.2, 0.25) is 0 Å². The van der Waals surface area contributed by atoms with Gasteiger partial charge in [-0.05, 0) is 37.8 Å². The summed E-state index contributed by atoms with van der Waals surface area (Å²) in [4.78, 5) is 10.8. The summed E-state index contributed by atoms with van der Waals surface area (Å²) in [6, 6.07) is 10.1. The third-order valence-corrected chi connectivity index (χ3v) is 4.52. The lowest BCUT2D eigenvalue weighted by atomic mass is 9.84. The average Bonchev–Trinajstić information content (AvgIpc) is 2.59. The van der Waals surface area contributed by atoms with E-state index in [1.165, 1.54) is 0 Å². The molecule has 0 bridgehead atoms. The first-order valence-electron chi connectivity index (χ1n) is 8.01. The van der Waals surface area contributed by atoms with Gasteiger partial charge in [0.25, 0.3) is 0 Å². The zero-order valence-corrected chi connectivity index (χ0v) is 12.9. The molecule has 0 amide bonds. The van der Waals surface area contributed by atoms with Crippen molar-refractivity contribution < 1.29 is 5.11 Å². The molecule has 0 spiro atoms. The second-order valence-electron chi connectivity index (χ2n) is 6.04. The van der Waals surface area contributed by atoms with Crippen LogP contribution in [-0.4, -0.2) is 39.6 Å². The number of aliphatic hydroxyl groups is 1. The van der Waals surface area contributed by atoms with E-state index < -0.39 is 5.60 Å². The summed E-state index contributed by atoms with van der Waals surface area (Å²) in [5.74, 6) is 0. The number of piperidine rings is 1. The highest BCUT2D eigenvalue weighted by atomic mass is 16.3. The largest absolute Gasteiger partial charge is 0.385 e. The van der Waals surface area contributed by atoms with Crippen LogP contribution in [0.25, 0.3) is 0 Å². The summed E-state index contributed by atoms with van der Waals surface area (Å²) in [6.45, 7) is 2.96. The molecule has 1 aromatic heterocycles. The van der Waals surface area contributed by atoms with Crippen LogP contribution in [-0.2, 0) is 12.0 Å². The number of rotatable bonds is 5. The molecular weight excluding hydrogens is 274 g/mol. The van der Waals surface area contributed by atoms with Crippen LogP contribution in [0, 0.1) is 0 Å². The maximum absolute atomic E-state index is 10.8. The van der Waals surface area contributed by atoms with Crippen LogP contribution in [0.1, 0.15) is 30.5 Å². The Labute approximate surface area is 131 Å². The van der Waals surface area contributed by atoms with Crippen LogP contribution in [0.4, 0.5) is 0 Å². The minimum Gasteiger partial charge on any atom is -0.385 e. The van der Waals surface area contributed by atoms with Crippen molar-refractivity contribution in [3.8, 4) is 0 Å². The molecule has 1 saturated heterocycles. The highest BCUT2D eigenvalue weighted by Crippen LogP contribution is 2.32. The van der Waals surface area contributed by atoms with Crippen LogP contribution in [0.5, 0.6) is 0 Å². The molecule has 1 N–H and O–H groups in total. The van der Waals surface area contributed by atoms with E-state index in [1.807, 2.05) is 36.5 Å². The van der Waals surface area contributed by atoms with Crippen LogP contribution >= 0.6 is 0 Å². The van der Waals surface area contributed by atoms with Crippen LogP contribution < -0.4 is 0 Å². The fourth-order valence-electron chi connectivity index (χ4n) is 3.13. The standard InChI is InChI=1S/C18H23N3O/c22-18(16-5-2-1-3-6-16)8-13-21(14-9-18)12-4-7-17-15-19-10-11-20-17/h1-3,5-6,10-11,15,22H,4,7-9,12-14H2. The number of aryl methyl sites for hydroxylation is 1. The molecule has 3 rings (SSSR count). The number of benzene rings is 1. The number of hydrogen-bond donors (Lipinski definition) is 1. The molecule has 1 aliphatic rings. The van der Waals surface area contributed by atoms with Crippen LogP contribution in [0.15, 0.2) is 48.9 Å². The lowest BCUT2D eigenvalue weighted by molar-refractivity contribution is -0.0259. The molecule has 1 aromatic carbocycles. The van der Waals surface area contributed by atoms with Gasteiger partial charge >= 0.3 is 0 Å². The Bertz CT molecular complexity index is 565. The van der Waals surface area contributed by atoms with Gasteiger partial charge in [-0.25, -0.2) is 0 Å². The fraction of sp³-hybridized carbons (Fsp3) is 0.444. The molecule has 4 nitrogen and oxygen atoms in total. The number of hydrogen-bond acceptors (Lipinski definition) is 4. The molecule has 116 valence electrons. The first-order chi connectivity index (χ1) is 10.8. The SMILES string of the molecule is OC1(c2ccccc2)CCN(CCCc2cnccn2)CC1. The third kappa shape index (κ3) is 3.70. The lowest BCUT2D eigenvalue weighted by Crippen LogP contribution is -2.42. The number of aromatic nitrogens is 2. The zero-order valence-electron chi connectivity index (χ0n) is 12.9. The molecule has 1 fully saturated rings. The minimum atomic E-state index is -0.650. The van der Waals surface area contributed by atoms with Crippen molar-refractivity contribution in [3.63, 3.8) is 0 Å². The van der Waals surface area contributed by atoms with Gasteiger partial charge in [-0.3, -0.25) is 9.97 Å². The molecule has 2 heterocycles. The predicted molar refractivity (Wildman–Crippen MR) is 86.4 cm³/mol. The molecule has 0 radical (unpaired) electrons. The van der Waals surface area contributed by atoms with E-state index in [0.717, 1.165) is 56.6 Å².